The van der Waals surface area contributed by atoms with Gasteiger partial charge < -0.3 is 0 Å². The van der Waals surface area contributed by atoms with Crippen LogP contribution < -0.4 is 0 Å². The molecule has 0 amide bonds. The van der Waals surface area contributed by atoms with Gasteiger partial charge in [-0.1, -0.05) is 71.2 Å². The Labute approximate surface area is 205 Å². The van der Waals surface area contributed by atoms with E-state index < -0.39 is 9.84 Å². The Morgan fingerprint density at radius 3 is 2.73 bits per heavy atom. The van der Waals surface area contributed by atoms with E-state index in [0.29, 0.717) is 16.7 Å². The summed E-state index contributed by atoms with van der Waals surface area (Å²) < 4.78 is 27.4. The van der Waals surface area contributed by atoms with Crippen molar-refractivity contribution in [1.29, 1.82) is 0 Å². The van der Waals surface area contributed by atoms with E-state index in [0.717, 1.165) is 28.5 Å². The molecule has 0 bridgehead atoms. The molecule has 5 heteroatoms. The van der Waals surface area contributed by atoms with Crippen molar-refractivity contribution in [2.24, 2.45) is 28.6 Å². The molecule has 33 heavy (non-hydrogen) atoms. The number of fused-ring (bicyclic) bond motifs is 2. The highest BCUT2D eigenvalue weighted by Crippen LogP contribution is 2.60. The maximum atomic E-state index is 13.1. The predicted octanol–water partition coefficient (Wildman–Crippen LogP) is 8.07. The van der Waals surface area contributed by atoms with Gasteiger partial charge in [-0.25, -0.2) is 13.4 Å². The Morgan fingerprint density at radius 1 is 1.24 bits per heavy atom. The van der Waals surface area contributed by atoms with Gasteiger partial charge in [0.1, 0.15) is 0 Å². The van der Waals surface area contributed by atoms with Gasteiger partial charge in [0, 0.05) is 0 Å². The Morgan fingerprint density at radius 2 is 2.00 bits per heavy atom. The Kier molecular flexibility index (Phi) is 7.13. The van der Waals surface area contributed by atoms with Crippen molar-refractivity contribution in [2.45, 2.75) is 90.3 Å². The number of aromatic nitrogens is 1. The van der Waals surface area contributed by atoms with E-state index in [-0.39, 0.29) is 10.1 Å². The molecule has 3 nitrogen and oxygen atoms in total. The van der Waals surface area contributed by atoms with Crippen molar-refractivity contribution >= 4 is 31.4 Å². The first-order chi connectivity index (χ1) is 15.5. The van der Waals surface area contributed by atoms with Crippen LogP contribution in [0.25, 0.3) is 10.2 Å². The minimum Gasteiger partial charge on any atom is -0.225 e. The van der Waals surface area contributed by atoms with Crippen LogP contribution in [0.1, 0.15) is 86.0 Å². The number of nitrogens with zero attached hydrogens (tertiary/aromatic N) is 1. The maximum absolute atomic E-state index is 13.1. The van der Waals surface area contributed by atoms with Crippen molar-refractivity contribution in [3.8, 4) is 0 Å². The summed E-state index contributed by atoms with van der Waals surface area (Å²) >= 11 is 1.29. The van der Waals surface area contributed by atoms with Crippen LogP contribution >= 0.6 is 11.3 Å². The van der Waals surface area contributed by atoms with Crippen LogP contribution in [0.5, 0.6) is 0 Å². The molecule has 2 fully saturated rings. The molecule has 1 aromatic carbocycles. The van der Waals surface area contributed by atoms with Gasteiger partial charge in [-0.2, -0.15) is 0 Å². The fraction of sp³-hybridized carbons (Fsp3) is 0.679. The lowest BCUT2D eigenvalue weighted by Gasteiger charge is -2.44. The van der Waals surface area contributed by atoms with Gasteiger partial charge in [-0.05, 0) is 79.2 Å². The summed E-state index contributed by atoms with van der Waals surface area (Å²) in [5, 5.41) is 0. The average Bonchev–Trinajstić information content (AvgIpc) is 3.33. The molecule has 0 unspecified atom stereocenters. The molecular formula is C28H41NO2S2. The minimum atomic E-state index is -3.39. The van der Waals surface area contributed by atoms with Gasteiger partial charge in [-0.15, -0.1) is 11.3 Å². The molecule has 0 saturated heterocycles. The molecule has 0 spiro atoms. The molecule has 0 aliphatic heterocycles. The molecular weight excluding hydrogens is 446 g/mol. The van der Waals surface area contributed by atoms with Crippen LogP contribution in [0.4, 0.5) is 0 Å². The number of allylic oxidation sites excluding steroid dienone is 1. The number of benzene rings is 1. The fourth-order valence-electron chi connectivity index (χ4n) is 6.69. The largest absolute Gasteiger partial charge is 0.225 e. The quantitative estimate of drug-likeness (QED) is 0.371. The van der Waals surface area contributed by atoms with Crippen LogP contribution in [-0.4, -0.2) is 19.2 Å². The standard InChI is InChI=1S/C28H41NO2S2/c1-20(10-8-17-27(2,3)4)22-14-15-23-21(11-9-18-28(22,23)5)16-19-33(30,31)26-29-24-12-6-7-13-25(24)32-26/h6-7,12-13,16,20,22-23H,8-11,14-15,17-19H2,1-5H3/b21-16+/t20-,22-,23+,28-/m1/s1. The van der Waals surface area contributed by atoms with Gasteiger partial charge in [0.25, 0.3) is 0 Å². The second-order valence-electron chi connectivity index (χ2n) is 12.0. The van der Waals surface area contributed by atoms with Crippen LogP contribution in [-0.2, 0) is 9.84 Å². The molecule has 182 valence electrons. The third-order valence-electron chi connectivity index (χ3n) is 8.42. The zero-order valence-corrected chi connectivity index (χ0v) is 22.7. The summed E-state index contributed by atoms with van der Waals surface area (Å²) in [4.78, 5) is 4.41. The lowest BCUT2D eigenvalue weighted by molar-refractivity contribution is 0.0919. The summed E-state index contributed by atoms with van der Waals surface area (Å²) in [6.07, 6.45) is 12.0. The van der Waals surface area contributed by atoms with Crippen molar-refractivity contribution in [3.05, 3.63) is 35.9 Å². The molecule has 0 N–H and O–H groups in total. The number of hydrogen-bond acceptors (Lipinski definition) is 4. The van der Waals surface area contributed by atoms with Gasteiger partial charge >= 0.3 is 0 Å². The van der Waals surface area contributed by atoms with E-state index in [2.05, 4.69) is 45.7 Å². The summed E-state index contributed by atoms with van der Waals surface area (Å²) in [6.45, 7) is 12.0. The van der Waals surface area contributed by atoms with Crippen LogP contribution in [0.15, 0.2) is 40.3 Å². The first-order valence-electron chi connectivity index (χ1n) is 12.8. The summed E-state index contributed by atoms with van der Waals surface area (Å²) in [6, 6.07) is 7.67. The third-order valence-corrected chi connectivity index (χ3v) is 11.5. The second-order valence-corrected chi connectivity index (χ2v) is 15.3. The van der Waals surface area contributed by atoms with Crippen molar-refractivity contribution < 1.29 is 8.42 Å². The van der Waals surface area contributed by atoms with Crippen LogP contribution in [0.2, 0.25) is 0 Å². The highest BCUT2D eigenvalue weighted by Gasteiger charge is 2.50. The zero-order valence-electron chi connectivity index (χ0n) is 21.1. The van der Waals surface area contributed by atoms with Crippen molar-refractivity contribution in [2.75, 3.05) is 5.75 Å². The fourth-order valence-corrected chi connectivity index (χ4v) is 9.18. The summed E-state index contributed by atoms with van der Waals surface area (Å²) in [7, 11) is -3.39. The van der Waals surface area contributed by atoms with E-state index in [9.17, 15) is 8.42 Å². The molecule has 4 atom stereocenters. The van der Waals surface area contributed by atoms with Crippen LogP contribution in [0.3, 0.4) is 0 Å². The average molecular weight is 488 g/mol. The Balaban J connectivity index is 1.46. The Hall–Kier alpha value is -1.20. The van der Waals surface area contributed by atoms with E-state index in [4.69, 9.17) is 0 Å². The molecule has 2 aromatic rings. The molecule has 2 aliphatic rings. The first kappa shape index (κ1) is 24.9. The summed E-state index contributed by atoms with van der Waals surface area (Å²) in [5.41, 5.74) is 2.92. The summed E-state index contributed by atoms with van der Waals surface area (Å²) in [5.74, 6) is 2.13. The number of hydrogen-bond donors (Lipinski definition) is 0. The first-order valence-corrected chi connectivity index (χ1v) is 15.2. The van der Waals surface area contributed by atoms with E-state index >= 15 is 0 Å². The lowest BCUT2D eigenvalue weighted by Crippen LogP contribution is -2.36. The van der Waals surface area contributed by atoms with Gasteiger partial charge in [-0.3, -0.25) is 0 Å². The van der Waals surface area contributed by atoms with Gasteiger partial charge in [0.2, 0.25) is 14.2 Å². The highest BCUT2D eigenvalue weighted by atomic mass is 32.2. The van der Waals surface area contributed by atoms with E-state index in [1.165, 1.54) is 61.9 Å². The lowest BCUT2D eigenvalue weighted by atomic mass is 9.60. The number of sulfone groups is 1. The topological polar surface area (TPSA) is 47.0 Å². The zero-order chi connectivity index (χ0) is 23.9. The van der Waals surface area contributed by atoms with Crippen molar-refractivity contribution in [3.63, 3.8) is 0 Å². The third kappa shape index (κ3) is 5.40. The van der Waals surface area contributed by atoms with Crippen molar-refractivity contribution in [1.82, 2.24) is 4.98 Å². The molecule has 2 saturated carbocycles. The normalized spacial score (nSPS) is 28.3. The maximum Gasteiger partial charge on any atom is 0.210 e. The smallest absolute Gasteiger partial charge is 0.210 e. The number of thiazole rings is 1. The number of rotatable bonds is 7. The molecule has 1 heterocycles. The SMILES string of the molecule is C[C@H](CCCC(C)(C)C)[C@H]1CC[C@H]2/C(=C/CS(=O)(=O)c3nc4ccccc4s3)CCC[C@]12C. The van der Waals surface area contributed by atoms with Crippen LogP contribution in [0, 0.1) is 28.6 Å². The molecule has 4 rings (SSSR count). The molecule has 1 aromatic heterocycles. The molecule has 2 aliphatic carbocycles. The van der Waals surface area contributed by atoms with E-state index in [1.54, 1.807) is 0 Å². The second kappa shape index (κ2) is 9.45. The van der Waals surface area contributed by atoms with Gasteiger partial charge in [0.15, 0.2) is 0 Å². The minimum absolute atomic E-state index is 0.0839. The van der Waals surface area contributed by atoms with Gasteiger partial charge in [0.05, 0.1) is 16.0 Å². The Bertz CT molecular complexity index is 1080. The monoisotopic (exact) mass is 487 g/mol. The number of para-hydroxylation sites is 1. The molecule has 0 radical (unpaired) electrons. The highest BCUT2D eigenvalue weighted by molar-refractivity contribution is 7.93. The van der Waals surface area contributed by atoms with E-state index in [1.807, 2.05) is 24.3 Å². The predicted molar refractivity (Wildman–Crippen MR) is 140 cm³/mol.